The second-order valence-electron chi connectivity index (χ2n) is 10.8. The van der Waals surface area contributed by atoms with Crippen molar-refractivity contribution in [2.75, 3.05) is 0 Å². The molecule has 8 fully saturated rings. The lowest BCUT2D eigenvalue weighted by Crippen LogP contribution is -2.63. The largest absolute Gasteiger partial charge is 0.393 e. The standard InChI is InChI=1S/C21H30O3/c22-17-13-1-11-2-14(17)8-20(5-11,7-13)19(24)21-6-12-3-15(9-21)18(23)16(4-12)10-21/h11-18,22-23H,1-10H2. The highest BCUT2D eigenvalue weighted by Gasteiger charge is 2.65. The van der Waals surface area contributed by atoms with E-state index in [1.807, 2.05) is 0 Å². The molecule has 132 valence electrons. The van der Waals surface area contributed by atoms with Crippen LogP contribution in [0.2, 0.25) is 0 Å². The first-order chi connectivity index (χ1) is 11.5. The number of aliphatic hydroxyl groups excluding tert-OH is 2. The lowest BCUT2D eigenvalue weighted by Gasteiger charge is -2.63. The van der Waals surface area contributed by atoms with Gasteiger partial charge in [0.2, 0.25) is 0 Å². The van der Waals surface area contributed by atoms with Gasteiger partial charge in [0.1, 0.15) is 5.78 Å². The normalized spacial score (nSPS) is 63.1. The van der Waals surface area contributed by atoms with Gasteiger partial charge in [-0.3, -0.25) is 4.79 Å². The molecule has 4 unspecified atom stereocenters. The molecule has 0 amide bonds. The summed E-state index contributed by atoms with van der Waals surface area (Å²) in [5.41, 5.74) is -0.210. The number of carbonyl (C=O) groups excluding carboxylic acids is 1. The van der Waals surface area contributed by atoms with Gasteiger partial charge in [-0.2, -0.15) is 0 Å². The molecule has 8 saturated carbocycles. The highest BCUT2D eigenvalue weighted by molar-refractivity contribution is 5.91. The Kier molecular flexibility index (Phi) is 2.74. The van der Waals surface area contributed by atoms with E-state index in [-0.39, 0.29) is 23.0 Å². The van der Waals surface area contributed by atoms with Gasteiger partial charge in [0.25, 0.3) is 0 Å². The minimum atomic E-state index is -0.138. The number of rotatable bonds is 2. The molecular formula is C21H30O3. The Morgan fingerprint density at radius 3 is 1.29 bits per heavy atom. The van der Waals surface area contributed by atoms with Crippen molar-refractivity contribution >= 4 is 5.78 Å². The summed E-state index contributed by atoms with van der Waals surface area (Å²) in [6.07, 6.45) is 10.4. The van der Waals surface area contributed by atoms with Crippen LogP contribution in [-0.4, -0.2) is 28.2 Å². The van der Waals surface area contributed by atoms with E-state index in [1.165, 1.54) is 0 Å². The topological polar surface area (TPSA) is 57.5 Å². The van der Waals surface area contributed by atoms with Crippen LogP contribution in [0.1, 0.15) is 64.2 Å². The Balaban J connectivity index is 1.36. The molecular weight excluding hydrogens is 300 g/mol. The highest BCUT2D eigenvalue weighted by Crippen LogP contribution is 2.67. The second-order valence-corrected chi connectivity index (χ2v) is 10.8. The molecule has 0 aromatic carbocycles. The van der Waals surface area contributed by atoms with Crippen molar-refractivity contribution in [1.29, 1.82) is 0 Å². The van der Waals surface area contributed by atoms with Gasteiger partial charge >= 0.3 is 0 Å². The third kappa shape index (κ3) is 1.69. The zero-order valence-electron chi connectivity index (χ0n) is 14.5. The summed E-state index contributed by atoms with van der Waals surface area (Å²) in [4.78, 5) is 14.0. The second kappa shape index (κ2) is 4.46. The first kappa shape index (κ1) is 14.7. The molecule has 0 saturated heterocycles. The summed E-state index contributed by atoms with van der Waals surface area (Å²) >= 11 is 0. The monoisotopic (exact) mass is 330 g/mol. The van der Waals surface area contributed by atoms with E-state index in [0.29, 0.717) is 41.3 Å². The molecule has 3 nitrogen and oxygen atoms in total. The van der Waals surface area contributed by atoms with E-state index in [1.54, 1.807) is 0 Å². The van der Waals surface area contributed by atoms with Gasteiger partial charge in [-0.1, -0.05) is 0 Å². The van der Waals surface area contributed by atoms with Crippen molar-refractivity contribution in [1.82, 2.24) is 0 Å². The number of hydrogen-bond donors (Lipinski definition) is 2. The smallest absolute Gasteiger partial charge is 0.145 e. The zero-order valence-corrected chi connectivity index (χ0v) is 14.5. The van der Waals surface area contributed by atoms with Crippen molar-refractivity contribution in [3.05, 3.63) is 0 Å². The predicted octanol–water partition coefficient (Wildman–Crippen LogP) is 2.93. The number of carbonyl (C=O) groups is 1. The van der Waals surface area contributed by atoms with E-state index in [4.69, 9.17) is 0 Å². The van der Waals surface area contributed by atoms with Crippen LogP contribution in [-0.2, 0) is 4.79 Å². The minimum absolute atomic E-state index is 0.105. The Hall–Kier alpha value is -0.410. The van der Waals surface area contributed by atoms with Crippen molar-refractivity contribution in [3.8, 4) is 0 Å². The summed E-state index contributed by atoms with van der Waals surface area (Å²) in [6, 6.07) is 0. The lowest BCUT2D eigenvalue weighted by atomic mass is 9.40. The van der Waals surface area contributed by atoms with Crippen molar-refractivity contribution in [3.63, 3.8) is 0 Å². The zero-order chi connectivity index (χ0) is 16.3. The Bertz CT molecular complexity index is 516. The van der Waals surface area contributed by atoms with Crippen molar-refractivity contribution < 1.29 is 15.0 Å². The van der Waals surface area contributed by atoms with Crippen LogP contribution in [0.15, 0.2) is 0 Å². The van der Waals surface area contributed by atoms with E-state index in [9.17, 15) is 15.0 Å². The molecule has 0 radical (unpaired) electrons. The maximum atomic E-state index is 14.0. The molecule has 0 aliphatic heterocycles. The highest BCUT2D eigenvalue weighted by atomic mass is 16.3. The van der Waals surface area contributed by atoms with Gasteiger partial charge in [0.15, 0.2) is 0 Å². The van der Waals surface area contributed by atoms with Crippen molar-refractivity contribution in [2.24, 2.45) is 46.3 Å². The van der Waals surface area contributed by atoms with Gasteiger partial charge in [-0.15, -0.1) is 0 Å². The van der Waals surface area contributed by atoms with Crippen LogP contribution in [0.3, 0.4) is 0 Å². The van der Waals surface area contributed by atoms with Gasteiger partial charge in [-0.25, -0.2) is 0 Å². The molecule has 0 aromatic heterocycles. The number of hydrogen-bond acceptors (Lipinski definition) is 3. The summed E-state index contributed by atoms with van der Waals surface area (Å²) in [5, 5.41) is 21.1. The third-order valence-electron chi connectivity index (χ3n) is 9.41. The average Bonchev–Trinajstić information content (AvgIpc) is 2.55. The van der Waals surface area contributed by atoms with Gasteiger partial charge in [0.05, 0.1) is 12.2 Å². The van der Waals surface area contributed by atoms with E-state index >= 15 is 0 Å². The Morgan fingerprint density at radius 2 is 0.958 bits per heavy atom. The van der Waals surface area contributed by atoms with Crippen LogP contribution in [0, 0.1) is 46.3 Å². The van der Waals surface area contributed by atoms with Gasteiger partial charge < -0.3 is 10.2 Å². The maximum Gasteiger partial charge on any atom is 0.145 e. The number of Topliss-reactive ketones (excluding diaryl/α,β-unsaturated/α-hetero) is 1. The van der Waals surface area contributed by atoms with E-state index < -0.39 is 0 Å². The molecule has 2 N–H and O–H groups in total. The summed E-state index contributed by atoms with van der Waals surface area (Å²) in [7, 11) is 0. The molecule has 8 bridgehead atoms. The molecule has 8 aliphatic rings. The predicted molar refractivity (Wildman–Crippen MR) is 89.0 cm³/mol. The minimum Gasteiger partial charge on any atom is -0.393 e. The molecule has 4 atom stereocenters. The first-order valence-electron chi connectivity index (χ1n) is 10.4. The van der Waals surface area contributed by atoms with Crippen molar-refractivity contribution in [2.45, 2.75) is 76.4 Å². The fourth-order valence-corrected chi connectivity index (χ4v) is 9.11. The summed E-state index contributed by atoms with van der Waals surface area (Å²) in [5.74, 6) is 3.52. The number of ketones is 1. The molecule has 8 aliphatic carbocycles. The van der Waals surface area contributed by atoms with Crippen LogP contribution in [0.4, 0.5) is 0 Å². The fourth-order valence-electron chi connectivity index (χ4n) is 9.11. The molecule has 8 rings (SSSR count). The molecule has 0 heterocycles. The Labute approximate surface area is 144 Å². The van der Waals surface area contributed by atoms with Gasteiger partial charge in [-0.05, 0) is 99.7 Å². The van der Waals surface area contributed by atoms with E-state index in [2.05, 4.69) is 0 Å². The maximum absolute atomic E-state index is 14.0. The SMILES string of the molecule is O=C(C12CC3CC(C1)C(O)C(C3)C2)C12CC3CC(C1)C(O)C(C3)C2. The molecule has 0 spiro atoms. The van der Waals surface area contributed by atoms with Crippen LogP contribution in [0.5, 0.6) is 0 Å². The third-order valence-corrected chi connectivity index (χ3v) is 9.41. The Morgan fingerprint density at radius 1 is 0.625 bits per heavy atom. The van der Waals surface area contributed by atoms with Gasteiger partial charge in [0, 0.05) is 10.8 Å². The van der Waals surface area contributed by atoms with Crippen LogP contribution >= 0.6 is 0 Å². The molecule has 0 aromatic rings. The summed E-state index contributed by atoms with van der Waals surface area (Å²) in [6.45, 7) is 0. The quantitative estimate of drug-likeness (QED) is 0.818. The summed E-state index contributed by atoms with van der Waals surface area (Å²) < 4.78 is 0. The van der Waals surface area contributed by atoms with E-state index in [0.717, 1.165) is 64.2 Å². The molecule has 24 heavy (non-hydrogen) atoms. The first-order valence-corrected chi connectivity index (χ1v) is 10.4. The number of aliphatic hydroxyl groups is 2. The van der Waals surface area contributed by atoms with Crippen LogP contribution < -0.4 is 0 Å². The lowest BCUT2D eigenvalue weighted by molar-refractivity contribution is -0.190. The molecule has 3 heteroatoms. The fraction of sp³-hybridized carbons (Fsp3) is 0.952. The average molecular weight is 330 g/mol. The van der Waals surface area contributed by atoms with Crippen LogP contribution in [0.25, 0.3) is 0 Å².